The van der Waals surface area contributed by atoms with Crippen molar-refractivity contribution in [2.75, 3.05) is 5.73 Å². The molecule has 1 aromatic carbocycles. The van der Waals surface area contributed by atoms with E-state index in [1.807, 2.05) is 0 Å². The predicted octanol–water partition coefficient (Wildman–Crippen LogP) is 4.44. The Hall–Kier alpha value is -1.18. The molecule has 0 radical (unpaired) electrons. The number of nitrogens with two attached hydrogens (primary N) is 1. The van der Waals surface area contributed by atoms with Crippen LogP contribution in [0, 0.1) is 6.92 Å². The first kappa shape index (κ1) is 15.9. The van der Waals surface area contributed by atoms with E-state index in [-0.39, 0.29) is 10.8 Å². The van der Waals surface area contributed by atoms with Gasteiger partial charge in [0.1, 0.15) is 5.75 Å². The molecule has 0 aliphatic carbocycles. The summed E-state index contributed by atoms with van der Waals surface area (Å²) in [5, 5.41) is 10.8. The van der Waals surface area contributed by atoms with Gasteiger partial charge in [-0.15, -0.1) is 0 Å². The number of nitrogen functional groups attached to an aromatic ring is 1. The van der Waals surface area contributed by atoms with Gasteiger partial charge in [-0.1, -0.05) is 48.5 Å². The molecule has 0 spiro atoms. The van der Waals surface area contributed by atoms with Crippen molar-refractivity contribution in [3.05, 3.63) is 22.3 Å². The average molecular weight is 263 g/mol. The third-order valence-electron chi connectivity index (χ3n) is 3.75. The van der Waals surface area contributed by atoms with E-state index in [0.717, 1.165) is 28.8 Å². The number of phenolic OH excluding ortho intramolecular Hbond substituents is 1. The smallest absolute Gasteiger partial charge is 0.125 e. The highest BCUT2D eigenvalue weighted by Gasteiger charge is 2.31. The van der Waals surface area contributed by atoms with Crippen molar-refractivity contribution in [1.29, 1.82) is 0 Å². The number of aromatic hydroxyl groups is 1. The minimum absolute atomic E-state index is 0.0915. The minimum Gasteiger partial charge on any atom is -0.507 e. The van der Waals surface area contributed by atoms with E-state index >= 15 is 0 Å². The second-order valence-electron chi connectivity index (χ2n) is 7.47. The van der Waals surface area contributed by atoms with E-state index in [1.54, 1.807) is 0 Å². The van der Waals surface area contributed by atoms with Crippen LogP contribution in [-0.2, 0) is 17.3 Å². The molecule has 2 heteroatoms. The third-order valence-corrected chi connectivity index (χ3v) is 3.75. The van der Waals surface area contributed by atoms with Crippen molar-refractivity contribution >= 4 is 5.69 Å². The highest BCUT2D eigenvalue weighted by molar-refractivity contribution is 5.69. The summed E-state index contributed by atoms with van der Waals surface area (Å²) in [6.45, 7) is 16.9. The van der Waals surface area contributed by atoms with Crippen LogP contribution in [0.5, 0.6) is 5.75 Å². The molecule has 0 aliphatic heterocycles. The van der Waals surface area contributed by atoms with Gasteiger partial charge in [0.25, 0.3) is 0 Å². The van der Waals surface area contributed by atoms with Crippen LogP contribution in [-0.4, -0.2) is 5.11 Å². The number of rotatable bonds is 1. The number of phenols is 1. The highest BCUT2D eigenvalue weighted by atomic mass is 16.3. The summed E-state index contributed by atoms with van der Waals surface area (Å²) in [7, 11) is 0. The fourth-order valence-corrected chi connectivity index (χ4v) is 3.07. The lowest BCUT2D eigenvalue weighted by Crippen LogP contribution is -2.22. The number of hydrogen-bond donors (Lipinski definition) is 2. The molecule has 0 atom stereocenters. The lowest BCUT2D eigenvalue weighted by Gasteiger charge is -2.32. The maximum absolute atomic E-state index is 10.8. The van der Waals surface area contributed by atoms with Crippen LogP contribution in [0.3, 0.4) is 0 Å². The standard InChI is InChI=1S/C17H29NO/c1-9-11-10(2)12(16(3,4)5)15(19)13(14(11)18)17(6,7)8/h19H,9,18H2,1-8H3. The van der Waals surface area contributed by atoms with Crippen LogP contribution < -0.4 is 5.73 Å². The molecule has 3 N–H and O–H groups in total. The van der Waals surface area contributed by atoms with Gasteiger partial charge in [-0.25, -0.2) is 0 Å². The van der Waals surface area contributed by atoms with Gasteiger partial charge in [-0.05, 0) is 35.3 Å². The van der Waals surface area contributed by atoms with Gasteiger partial charge in [-0.3, -0.25) is 0 Å². The lowest BCUT2D eigenvalue weighted by molar-refractivity contribution is 0.422. The molecular formula is C17H29NO. The molecule has 2 nitrogen and oxygen atoms in total. The summed E-state index contributed by atoms with van der Waals surface area (Å²) in [5.74, 6) is 0.382. The molecule has 19 heavy (non-hydrogen) atoms. The Morgan fingerprint density at radius 3 is 1.68 bits per heavy atom. The van der Waals surface area contributed by atoms with Crippen molar-refractivity contribution in [2.24, 2.45) is 0 Å². The number of benzene rings is 1. The molecule has 0 heterocycles. The Balaban J connectivity index is 3.88. The van der Waals surface area contributed by atoms with Crippen LogP contribution in [0.4, 0.5) is 5.69 Å². The lowest BCUT2D eigenvalue weighted by atomic mass is 9.74. The Kier molecular flexibility index (Phi) is 3.96. The van der Waals surface area contributed by atoms with E-state index in [0.29, 0.717) is 5.75 Å². The Morgan fingerprint density at radius 2 is 1.37 bits per heavy atom. The molecule has 0 saturated heterocycles. The van der Waals surface area contributed by atoms with Gasteiger partial charge in [-0.2, -0.15) is 0 Å². The molecule has 0 bridgehead atoms. The molecule has 0 unspecified atom stereocenters. The van der Waals surface area contributed by atoms with Gasteiger partial charge in [0.2, 0.25) is 0 Å². The van der Waals surface area contributed by atoms with Crippen LogP contribution in [0.2, 0.25) is 0 Å². The quantitative estimate of drug-likeness (QED) is 0.736. The van der Waals surface area contributed by atoms with Gasteiger partial charge in [0.15, 0.2) is 0 Å². The highest BCUT2D eigenvalue weighted by Crippen LogP contribution is 2.46. The van der Waals surface area contributed by atoms with Gasteiger partial charge >= 0.3 is 0 Å². The second kappa shape index (κ2) is 4.73. The summed E-state index contributed by atoms with van der Waals surface area (Å²) in [6.07, 6.45) is 0.893. The summed E-state index contributed by atoms with van der Waals surface area (Å²) in [4.78, 5) is 0. The maximum Gasteiger partial charge on any atom is 0.125 e. The van der Waals surface area contributed by atoms with Gasteiger partial charge < -0.3 is 10.8 Å². The van der Waals surface area contributed by atoms with E-state index in [4.69, 9.17) is 5.73 Å². The first-order valence-electron chi connectivity index (χ1n) is 7.07. The second-order valence-corrected chi connectivity index (χ2v) is 7.47. The van der Waals surface area contributed by atoms with Crippen LogP contribution >= 0.6 is 0 Å². The molecular weight excluding hydrogens is 234 g/mol. The topological polar surface area (TPSA) is 46.2 Å². The summed E-state index contributed by atoms with van der Waals surface area (Å²) in [6, 6.07) is 0. The normalized spacial score (nSPS) is 12.8. The first-order chi connectivity index (χ1) is 8.42. The van der Waals surface area contributed by atoms with Crippen LogP contribution in [0.15, 0.2) is 0 Å². The maximum atomic E-state index is 10.8. The van der Waals surface area contributed by atoms with Gasteiger partial charge in [0, 0.05) is 16.8 Å². The Labute approximate surface area is 118 Å². The molecule has 0 aliphatic rings. The minimum atomic E-state index is -0.161. The van der Waals surface area contributed by atoms with Crippen molar-refractivity contribution < 1.29 is 5.11 Å². The van der Waals surface area contributed by atoms with E-state index in [2.05, 4.69) is 55.4 Å². The van der Waals surface area contributed by atoms with Crippen molar-refractivity contribution in [3.63, 3.8) is 0 Å². The van der Waals surface area contributed by atoms with E-state index in [1.165, 1.54) is 5.56 Å². The van der Waals surface area contributed by atoms with Crippen molar-refractivity contribution in [2.45, 2.75) is 72.6 Å². The fourth-order valence-electron chi connectivity index (χ4n) is 3.07. The van der Waals surface area contributed by atoms with Crippen molar-refractivity contribution in [1.82, 2.24) is 0 Å². The Bertz CT molecular complexity index is 446. The molecule has 0 aromatic heterocycles. The molecule has 108 valence electrons. The zero-order valence-corrected chi connectivity index (χ0v) is 13.7. The SMILES string of the molecule is CCc1c(C)c(C(C)(C)C)c(O)c(C(C)(C)C)c1N. The Morgan fingerprint density at radius 1 is 0.947 bits per heavy atom. The summed E-state index contributed by atoms with van der Waals surface area (Å²) < 4.78 is 0. The summed E-state index contributed by atoms with van der Waals surface area (Å²) in [5.41, 5.74) is 11.1. The monoisotopic (exact) mass is 263 g/mol. The van der Waals surface area contributed by atoms with Crippen molar-refractivity contribution in [3.8, 4) is 5.75 Å². The third kappa shape index (κ3) is 2.72. The predicted molar refractivity (Wildman–Crippen MR) is 84.0 cm³/mol. The molecule has 0 amide bonds. The molecule has 1 aromatic rings. The first-order valence-corrected chi connectivity index (χ1v) is 7.07. The van der Waals surface area contributed by atoms with Crippen LogP contribution in [0.25, 0.3) is 0 Å². The molecule has 0 fully saturated rings. The van der Waals surface area contributed by atoms with Gasteiger partial charge in [0.05, 0.1) is 0 Å². The average Bonchev–Trinajstić information content (AvgIpc) is 2.12. The summed E-state index contributed by atoms with van der Waals surface area (Å²) >= 11 is 0. The number of anilines is 1. The zero-order valence-electron chi connectivity index (χ0n) is 13.7. The number of hydrogen-bond acceptors (Lipinski definition) is 2. The largest absolute Gasteiger partial charge is 0.507 e. The van der Waals surface area contributed by atoms with E-state index in [9.17, 15) is 5.11 Å². The fraction of sp³-hybridized carbons (Fsp3) is 0.647. The molecule has 1 rings (SSSR count). The van der Waals surface area contributed by atoms with E-state index < -0.39 is 0 Å². The zero-order chi connectivity index (χ0) is 15.2. The molecule has 0 saturated carbocycles. The van der Waals surface area contributed by atoms with Crippen LogP contribution in [0.1, 0.15) is 70.7 Å².